The van der Waals surface area contributed by atoms with Crippen LogP contribution in [0.3, 0.4) is 0 Å². The predicted octanol–water partition coefficient (Wildman–Crippen LogP) is 2.81. The zero-order valence-corrected chi connectivity index (χ0v) is 10.8. The second-order valence-electron chi connectivity index (χ2n) is 4.20. The van der Waals surface area contributed by atoms with Crippen LogP contribution >= 0.6 is 15.9 Å². The molecule has 1 aromatic rings. The SMILES string of the molecule is O=C(O)CN1CCCC1c1ccc(Br)c(F)c1. The van der Waals surface area contributed by atoms with Crippen molar-refractivity contribution in [1.82, 2.24) is 4.90 Å². The fraction of sp³-hybridized carbons (Fsp3) is 0.417. The normalized spacial score (nSPS) is 20.7. The van der Waals surface area contributed by atoms with Crippen molar-refractivity contribution in [1.29, 1.82) is 0 Å². The maximum atomic E-state index is 13.4. The zero-order chi connectivity index (χ0) is 12.4. The first-order chi connectivity index (χ1) is 8.08. The maximum Gasteiger partial charge on any atom is 0.317 e. The van der Waals surface area contributed by atoms with Gasteiger partial charge in [0.15, 0.2) is 0 Å². The molecule has 92 valence electrons. The van der Waals surface area contributed by atoms with Gasteiger partial charge in [0.1, 0.15) is 5.82 Å². The predicted molar refractivity (Wildman–Crippen MR) is 65.3 cm³/mol. The average Bonchev–Trinajstić information content (AvgIpc) is 2.69. The van der Waals surface area contributed by atoms with Gasteiger partial charge in [0.25, 0.3) is 0 Å². The summed E-state index contributed by atoms with van der Waals surface area (Å²) >= 11 is 3.11. The number of hydrogen-bond acceptors (Lipinski definition) is 2. The summed E-state index contributed by atoms with van der Waals surface area (Å²) in [5.41, 5.74) is 0.851. The summed E-state index contributed by atoms with van der Waals surface area (Å²) in [7, 11) is 0. The molecule has 1 aliphatic rings. The lowest BCUT2D eigenvalue weighted by Crippen LogP contribution is -2.29. The molecule has 0 saturated carbocycles. The van der Waals surface area contributed by atoms with E-state index in [4.69, 9.17) is 5.11 Å². The molecule has 3 nitrogen and oxygen atoms in total. The van der Waals surface area contributed by atoms with Crippen LogP contribution in [-0.2, 0) is 4.79 Å². The number of carboxylic acid groups (broad SMARTS) is 1. The third-order valence-corrected chi connectivity index (χ3v) is 3.67. The van der Waals surface area contributed by atoms with Crippen LogP contribution in [-0.4, -0.2) is 29.1 Å². The number of nitrogens with zero attached hydrogens (tertiary/aromatic N) is 1. The second-order valence-corrected chi connectivity index (χ2v) is 5.05. The van der Waals surface area contributed by atoms with Gasteiger partial charge in [-0.15, -0.1) is 0 Å². The Kier molecular flexibility index (Phi) is 3.79. The molecule has 1 unspecified atom stereocenters. The molecule has 2 rings (SSSR count). The lowest BCUT2D eigenvalue weighted by Gasteiger charge is -2.23. The number of benzene rings is 1. The first-order valence-corrected chi connectivity index (χ1v) is 6.28. The summed E-state index contributed by atoms with van der Waals surface area (Å²) in [6, 6.07) is 5.02. The molecule has 1 heterocycles. The van der Waals surface area contributed by atoms with Gasteiger partial charge < -0.3 is 5.11 Å². The summed E-state index contributed by atoms with van der Waals surface area (Å²) in [4.78, 5) is 12.6. The number of aliphatic carboxylic acids is 1. The molecule has 0 bridgehead atoms. The number of rotatable bonds is 3. The molecule has 17 heavy (non-hydrogen) atoms. The first-order valence-electron chi connectivity index (χ1n) is 5.48. The zero-order valence-electron chi connectivity index (χ0n) is 9.20. The lowest BCUT2D eigenvalue weighted by atomic mass is 10.0. The molecule has 1 atom stereocenters. The van der Waals surface area contributed by atoms with Crippen molar-refractivity contribution in [3.63, 3.8) is 0 Å². The Morgan fingerprint density at radius 1 is 1.59 bits per heavy atom. The molecular formula is C12H13BrFNO2. The Balaban J connectivity index is 2.20. The van der Waals surface area contributed by atoms with Gasteiger partial charge in [-0.1, -0.05) is 6.07 Å². The van der Waals surface area contributed by atoms with Crippen LogP contribution in [0.2, 0.25) is 0 Å². The van der Waals surface area contributed by atoms with Crippen LogP contribution in [0.15, 0.2) is 22.7 Å². The van der Waals surface area contributed by atoms with Gasteiger partial charge in [0.2, 0.25) is 0 Å². The van der Waals surface area contributed by atoms with Crippen molar-refractivity contribution in [2.75, 3.05) is 13.1 Å². The molecular weight excluding hydrogens is 289 g/mol. The summed E-state index contributed by atoms with van der Waals surface area (Å²) < 4.78 is 13.9. The van der Waals surface area contributed by atoms with Gasteiger partial charge in [-0.3, -0.25) is 9.69 Å². The highest BCUT2D eigenvalue weighted by atomic mass is 79.9. The van der Waals surface area contributed by atoms with E-state index in [1.54, 1.807) is 6.07 Å². The van der Waals surface area contributed by atoms with Crippen molar-refractivity contribution in [3.05, 3.63) is 34.1 Å². The number of hydrogen-bond donors (Lipinski definition) is 1. The fourth-order valence-electron chi connectivity index (χ4n) is 2.29. The molecule has 0 spiro atoms. The van der Waals surface area contributed by atoms with Crippen LogP contribution in [0.5, 0.6) is 0 Å². The van der Waals surface area contributed by atoms with Gasteiger partial charge >= 0.3 is 5.97 Å². The summed E-state index contributed by atoms with van der Waals surface area (Å²) in [6.45, 7) is 0.775. The fourth-order valence-corrected chi connectivity index (χ4v) is 2.53. The van der Waals surface area contributed by atoms with E-state index in [0.29, 0.717) is 4.47 Å². The lowest BCUT2D eigenvalue weighted by molar-refractivity contribution is -0.138. The third kappa shape index (κ3) is 2.84. The van der Waals surface area contributed by atoms with Crippen LogP contribution in [0.25, 0.3) is 0 Å². The smallest absolute Gasteiger partial charge is 0.317 e. The Morgan fingerprint density at radius 3 is 3.00 bits per heavy atom. The minimum Gasteiger partial charge on any atom is -0.480 e. The molecule has 1 fully saturated rings. The van der Waals surface area contributed by atoms with E-state index in [0.717, 1.165) is 24.9 Å². The molecule has 0 radical (unpaired) electrons. The molecule has 1 saturated heterocycles. The Bertz CT molecular complexity index is 439. The highest BCUT2D eigenvalue weighted by molar-refractivity contribution is 9.10. The molecule has 0 aliphatic carbocycles. The standard InChI is InChI=1S/C12H13BrFNO2/c13-9-4-3-8(6-10(9)14)11-2-1-5-15(11)7-12(16)17/h3-4,6,11H,1-2,5,7H2,(H,16,17). The Hall–Kier alpha value is -0.940. The highest BCUT2D eigenvalue weighted by Crippen LogP contribution is 2.32. The van der Waals surface area contributed by atoms with Crippen molar-refractivity contribution >= 4 is 21.9 Å². The molecule has 0 amide bonds. The quantitative estimate of drug-likeness (QED) is 0.933. The van der Waals surface area contributed by atoms with Gasteiger partial charge in [-0.05, 0) is 53.0 Å². The first kappa shape index (κ1) is 12.5. The molecule has 1 N–H and O–H groups in total. The number of carbonyl (C=O) groups is 1. The van der Waals surface area contributed by atoms with Crippen molar-refractivity contribution in [2.24, 2.45) is 0 Å². The van der Waals surface area contributed by atoms with Crippen molar-refractivity contribution in [3.8, 4) is 0 Å². The van der Waals surface area contributed by atoms with Crippen LogP contribution in [0.4, 0.5) is 4.39 Å². The van der Waals surface area contributed by atoms with Gasteiger partial charge in [-0.2, -0.15) is 0 Å². The van der Waals surface area contributed by atoms with E-state index in [9.17, 15) is 9.18 Å². The van der Waals surface area contributed by atoms with Gasteiger partial charge in [-0.25, -0.2) is 4.39 Å². The highest BCUT2D eigenvalue weighted by Gasteiger charge is 2.27. The Morgan fingerprint density at radius 2 is 2.35 bits per heavy atom. The topological polar surface area (TPSA) is 40.5 Å². The Labute approximate surface area is 107 Å². The van der Waals surface area contributed by atoms with Crippen LogP contribution in [0, 0.1) is 5.82 Å². The second kappa shape index (κ2) is 5.14. The summed E-state index contributed by atoms with van der Waals surface area (Å²) in [5.74, 6) is -1.14. The summed E-state index contributed by atoms with van der Waals surface area (Å²) in [5, 5.41) is 8.81. The number of carboxylic acids is 1. The average molecular weight is 302 g/mol. The molecule has 1 aliphatic heterocycles. The van der Waals surface area contributed by atoms with Crippen LogP contribution < -0.4 is 0 Å². The third-order valence-electron chi connectivity index (χ3n) is 3.03. The number of likely N-dealkylation sites (tertiary alicyclic amines) is 1. The van der Waals surface area contributed by atoms with Gasteiger partial charge in [0, 0.05) is 6.04 Å². The van der Waals surface area contributed by atoms with E-state index in [1.165, 1.54) is 6.07 Å². The van der Waals surface area contributed by atoms with Crippen LogP contribution in [0.1, 0.15) is 24.4 Å². The monoisotopic (exact) mass is 301 g/mol. The maximum absolute atomic E-state index is 13.4. The minimum atomic E-state index is -0.838. The van der Waals surface area contributed by atoms with E-state index < -0.39 is 5.97 Å². The van der Waals surface area contributed by atoms with E-state index in [1.807, 2.05) is 11.0 Å². The van der Waals surface area contributed by atoms with E-state index >= 15 is 0 Å². The molecule has 5 heteroatoms. The number of halogens is 2. The van der Waals surface area contributed by atoms with Crippen molar-refractivity contribution < 1.29 is 14.3 Å². The molecule has 0 aromatic heterocycles. The van der Waals surface area contributed by atoms with Gasteiger partial charge in [0.05, 0.1) is 11.0 Å². The van der Waals surface area contributed by atoms with E-state index in [-0.39, 0.29) is 18.4 Å². The largest absolute Gasteiger partial charge is 0.480 e. The van der Waals surface area contributed by atoms with E-state index in [2.05, 4.69) is 15.9 Å². The molecule has 1 aromatic carbocycles. The summed E-state index contributed by atoms with van der Waals surface area (Å²) in [6.07, 6.45) is 1.84. The van der Waals surface area contributed by atoms with Crippen molar-refractivity contribution in [2.45, 2.75) is 18.9 Å². The minimum absolute atomic E-state index is 0.0162.